The molecule has 0 radical (unpaired) electrons. The maximum Gasteiger partial charge on any atom is 0.266 e. The van der Waals surface area contributed by atoms with E-state index in [0.717, 1.165) is 14.6 Å². The molecule has 1 fully saturated rings. The molecular weight excluding hydrogens is 360 g/mol. The molecular formula is C13H13BrN2O2S2. The minimum atomic E-state index is -0.785. The number of fused-ring (bicyclic) bond motifs is 1. The van der Waals surface area contributed by atoms with Crippen molar-refractivity contribution >= 4 is 59.7 Å². The molecule has 1 aliphatic heterocycles. The molecule has 20 heavy (non-hydrogen) atoms. The summed E-state index contributed by atoms with van der Waals surface area (Å²) < 4.78 is 13.3. The van der Waals surface area contributed by atoms with E-state index in [1.54, 1.807) is 4.90 Å². The summed E-state index contributed by atoms with van der Waals surface area (Å²) in [5, 5.41) is 0.910. The van der Waals surface area contributed by atoms with Crippen LogP contribution in [0.25, 0.3) is 10.1 Å². The number of nitrogen functional groups attached to an aromatic ring is 1. The molecule has 2 aromatic rings. The van der Waals surface area contributed by atoms with Crippen molar-refractivity contribution in [2.24, 2.45) is 0 Å². The third kappa shape index (κ3) is 2.49. The summed E-state index contributed by atoms with van der Waals surface area (Å²) in [6, 6.07) is 5.84. The van der Waals surface area contributed by atoms with Crippen LogP contribution in [-0.2, 0) is 10.8 Å². The number of hydrogen-bond acceptors (Lipinski definition) is 4. The number of rotatable bonds is 1. The van der Waals surface area contributed by atoms with Crippen LogP contribution in [0.5, 0.6) is 0 Å². The highest BCUT2D eigenvalue weighted by Crippen LogP contribution is 2.36. The zero-order valence-electron chi connectivity index (χ0n) is 10.6. The van der Waals surface area contributed by atoms with E-state index in [4.69, 9.17) is 5.73 Å². The average Bonchev–Trinajstić information content (AvgIpc) is 2.76. The van der Waals surface area contributed by atoms with Crippen molar-refractivity contribution in [2.45, 2.75) is 0 Å². The van der Waals surface area contributed by atoms with Crippen molar-refractivity contribution in [1.29, 1.82) is 0 Å². The van der Waals surface area contributed by atoms with E-state index in [1.807, 2.05) is 18.2 Å². The number of benzene rings is 1. The van der Waals surface area contributed by atoms with Gasteiger partial charge in [-0.3, -0.25) is 9.00 Å². The lowest BCUT2D eigenvalue weighted by Crippen LogP contribution is -2.41. The highest BCUT2D eigenvalue weighted by molar-refractivity contribution is 9.10. The summed E-state index contributed by atoms with van der Waals surface area (Å²) in [6.07, 6.45) is 0. The number of amides is 1. The van der Waals surface area contributed by atoms with Crippen LogP contribution in [0.1, 0.15) is 9.67 Å². The first-order chi connectivity index (χ1) is 9.56. The summed E-state index contributed by atoms with van der Waals surface area (Å²) in [5.41, 5.74) is 6.67. The molecule has 2 N–H and O–H groups in total. The van der Waals surface area contributed by atoms with Crippen LogP contribution in [0.15, 0.2) is 22.7 Å². The predicted octanol–water partition coefficient (Wildman–Crippen LogP) is 2.45. The average molecular weight is 373 g/mol. The second-order valence-corrected chi connectivity index (χ2v) is 8.29. The highest BCUT2D eigenvalue weighted by atomic mass is 79.9. The van der Waals surface area contributed by atoms with E-state index in [2.05, 4.69) is 15.9 Å². The van der Waals surface area contributed by atoms with E-state index >= 15 is 0 Å². The minimum Gasteiger partial charge on any atom is -0.397 e. The molecule has 1 saturated heterocycles. The topological polar surface area (TPSA) is 63.4 Å². The van der Waals surface area contributed by atoms with E-state index in [0.29, 0.717) is 35.2 Å². The Morgan fingerprint density at radius 3 is 2.75 bits per heavy atom. The largest absolute Gasteiger partial charge is 0.397 e. The number of carbonyl (C=O) groups excluding carboxylic acids is 1. The lowest BCUT2D eigenvalue weighted by molar-refractivity contribution is 0.0777. The molecule has 0 aliphatic carbocycles. The molecule has 1 aromatic carbocycles. The number of halogens is 1. The van der Waals surface area contributed by atoms with Gasteiger partial charge in [-0.25, -0.2) is 0 Å². The Morgan fingerprint density at radius 2 is 2.05 bits per heavy atom. The van der Waals surface area contributed by atoms with Gasteiger partial charge in [0.1, 0.15) is 4.88 Å². The second-order valence-electron chi connectivity index (χ2n) is 4.63. The van der Waals surface area contributed by atoms with Crippen LogP contribution >= 0.6 is 27.3 Å². The van der Waals surface area contributed by atoms with Gasteiger partial charge in [0.2, 0.25) is 0 Å². The highest BCUT2D eigenvalue weighted by Gasteiger charge is 2.25. The fourth-order valence-electron chi connectivity index (χ4n) is 2.23. The number of carbonyl (C=O) groups is 1. The molecule has 0 atom stereocenters. The van der Waals surface area contributed by atoms with Gasteiger partial charge in [0, 0.05) is 50.0 Å². The van der Waals surface area contributed by atoms with Crippen LogP contribution < -0.4 is 5.73 Å². The Bertz CT molecular complexity index is 704. The SMILES string of the molecule is Nc1c(C(=O)N2CCS(=O)CC2)sc2ccc(Br)cc12. The van der Waals surface area contributed by atoms with Crippen LogP contribution in [0, 0.1) is 0 Å². The van der Waals surface area contributed by atoms with Crippen molar-refractivity contribution in [3.8, 4) is 0 Å². The molecule has 0 spiro atoms. The number of hydrogen-bond donors (Lipinski definition) is 1. The van der Waals surface area contributed by atoms with E-state index < -0.39 is 10.8 Å². The molecule has 4 nitrogen and oxygen atoms in total. The summed E-state index contributed by atoms with van der Waals surface area (Å²) in [5.74, 6) is 1.07. The van der Waals surface area contributed by atoms with Crippen LogP contribution in [-0.4, -0.2) is 39.6 Å². The van der Waals surface area contributed by atoms with Gasteiger partial charge in [-0.05, 0) is 18.2 Å². The zero-order valence-corrected chi connectivity index (χ0v) is 13.8. The summed E-state index contributed by atoms with van der Waals surface area (Å²) in [7, 11) is -0.785. The Kier molecular flexibility index (Phi) is 3.83. The molecule has 0 saturated carbocycles. The van der Waals surface area contributed by atoms with Crippen molar-refractivity contribution in [2.75, 3.05) is 30.3 Å². The zero-order chi connectivity index (χ0) is 14.3. The van der Waals surface area contributed by atoms with Gasteiger partial charge in [0.15, 0.2) is 0 Å². The number of thiophene rings is 1. The molecule has 3 rings (SSSR count). The molecule has 1 aliphatic rings. The first-order valence-corrected chi connectivity index (χ1v) is 9.28. The van der Waals surface area contributed by atoms with Crippen LogP contribution in [0.4, 0.5) is 5.69 Å². The molecule has 0 unspecified atom stereocenters. The van der Waals surface area contributed by atoms with Gasteiger partial charge >= 0.3 is 0 Å². The predicted molar refractivity (Wildman–Crippen MR) is 87.7 cm³/mol. The Hall–Kier alpha value is -0.920. The number of nitrogens with zero attached hydrogens (tertiary/aromatic N) is 1. The van der Waals surface area contributed by atoms with Gasteiger partial charge < -0.3 is 10.6 Å². The van der Waals surface area contributed by atoms with Crippen LogP contribution in [0.2, 0.25) is 0 Å². The van der Waals surface area contributed by atoms with Crippen molar-refractivity contribution in [3.05, 3.63) is 27.5 Å². The molecule has 7 heteroatoms. The summed E-state index contributed by atoms with van der Waals surface area (Å²) in [4.78, 5) is 14.9. The standard InChI is InChI=1S/C13H13BrN2O2S2/c14-8-1-2-10-9(7-8)11(15)12(19-10)13(17)16-3-5-20(18)6-4-16/h1-2,7H,3-6,15H2. The monoisotopic (exact) mass is 372 g/mol. The van der Waals surface area contributed by atoms with Crippen LogP contribution in [0.3, 0.4) is 0 Å². The van der Waals surface area contributed by atoms with Crippen molar-refractivity contribution in [1.82, 2.24) is 4.90 Å². The first kappa shape index (κ1) is 14.0. The van der Waals surface area contributed by atoms with Gasteiger partial charge in [0.25, 0.3) is 5.91 Å². The van der Waals surface area contributed by atoms with E-state index in [-0.39, 0.29) is 5.91 Å². The maximum absolute atomic E-state index is 12.5. The lowest BCUT2D eigenvalue weighted by atomic mass is 10.2. The minimum absolute atomic E-state index is 0.0449. The normalized spacial score (nSPS) is 16.8. The second kappa shape index (κ2) is 5.46. The first-order valence-electron chi connectivity index (χ1n) is 6.18. The summed E-state index contributed by atoms with van der Waals surface area (Å²) >= 11 is 4.84. The van der Waals surface area contributed by atoms with Gasteiger partial charge in [-0.1, -0.05) is 15.9 Å². The third-order valence-electron chi connectivity index (χ3n) is 3.35. The Labute approximate surface area is 131 Å². The van der Waals surface area contributed by atoms with E-state index in [1.165, 1.54) is 11.3 Å². The van der Waals surface area contributed by atoms with Gasteiger partial charge in [-0.2, -0.15) is 0 Å². The van der Waals surface area contributed by atoms with Crippen molar-refractivity contribution < 1.29 is 9.00 Å². The van der Waals surface area contributed by atoms with E-state index in [9.17, 15) is 9.00 Å². The number of nitrogens with two attached hydrogens (primary N) is 1. The fourth-order valence-corrected chi connectivity index (χ4v) is 4.72. The summed E-state index contributed by atoms with van der Waals surface area (Å²) in [6.45, 7) is 1.09. The number of anilines is 1. The molecule has 1 amide bonds. The molecule has 0 bridgehead atoms. The maximum atomic E-state index is 12.5. The lowest BCUT2D eigenvalue weighted by Gasteiger charge is -2.25. The fraction of sp³-hybridized carbons (Fsp3) is 0.308. The molecule has 106 valence electrons. The molecule has 2 heterocycles. The van der Waals surface area contributed by atoms with Gasteiger partial charge in [0.05, 0.1) is 5.69 Å². The third-order valence-corrected chi connectivity index (χ3v) is 6.29. The quantitative estimate of drug-likeness (QED) is 0.835. The Balaban J connectivity index is 1.95. The molecule has 1 aromatic heterocycles. The smallest absolute Gasteiger partial charge is 0.266 e. The Morgan fingerprint density at radius 1 is 1.35 bits per heavy atom. The van der Waals surface area contributed by atoms with Crippen molar-refractivity contribution in [3.63, 3.8) is 0 Å². The van der Waals surface area contributed by atoms with Gasteiger partial charge in [-0.15, -0.1) is 11.3 Å².